The largest absolute Gasteiger partial charge is 0.481 e. The number of unbranched alkanes of at least 4 members (excludes halogenated alkanes) is 1. The van der Waals surface area contributed by atoms with E-state index in [-0.39, 0.29) is 12.3 Å². The Hall–Kier alpha value is -2.63. The number of carbonyl (C=O) groups is 2. The molecule has 0 saturated heterocycles. The van der Waals surface area contributed by atoms with Gasteiger partial charge < -0.3 is 10.4 Å². The molecule has 0 bridgehead atoms. The predicted octanol–water partition coefficient (Wildman–Crippen LogP) is 3.48. The molecule has 0 saturated carbocycles. The number of carboxylic acids is 1. The van der Waals surface area contributed by atoms with Gasteiger partial charge in [0, 0.05) is 18.7 Å². The Morgan fingerprint density at radius 1 is 1.21 bits per heavy atom. The van der Waals surface area contributed by atoms with Crippen molar-refractivity contribution in [3.63, 3.8) is 0 Å². The minimum Gasteiger partial charge on any atom is -0.481 e. The molecule has 24 heavy (non-hydrogen) atoms. The summed E-state index contributed by atoms with van der Waals surface area (Å²) in [5.74, 6) is -1.04. The molecular weight excluding hydrogens is 306 g/mol. The van der Waals surface area contributed by atoms with Gasteiger partial charge in [-0.05, 0) is 25.0 Å². The molecule has 1 heterocycles. The highest BCUT2D eigenvalue weighted by molar-refractivity contribution is 5.90. The summed E-state index contributed by atoms with van der Waals surface area (Å²) in [7, 11) is 0. The fourth-order valence-electron chi connectivity index (χ4n) is 2.47. The SMILES string of the molecule is CCCC[C@H](CCC(=O)Nc1ccn(-c2ccccc2)n1)C(=O)O. The van der Waals surface area contributed by atoms with E-state index < -0.39 is 11.9 Å². The van der Waals surface area contributed by atoms with Crippen LogP contribution in [0.3, 0.4) is 0 Å². The first kappa shape index (κ1) is 17.7. The van der Waals surface area contributed by atoms with Crippen LogP contribution in [0, 0.1) is 5.92 Å². The molecule has 2 aromatic rings. The molecule has 1 aromatic heterocycles. The molecule has 2 N–H and O–H groups in total. The smallest absolute Gasteiger partial charge is 0.306 e. The van der Waals surface area contributed by atoms with Gasteiger partial charge in [0.25, 0.3) is 0 Å². The number of aliphatic carboxylic acids is 1. The van der Waals surface area contributed by atoms with Gasteiger partial charge in [0.05, 0.1) is 11.6 Å². The van der Waals surface area contributed by atoms with E-state index in [2.05, 4.69) is 10.4 Å². The lowest BCUT2D eigenvalue weighted by Crippen LogP contribution is -2.18. The van der Waals surface area contributed by atoms with E-state index in [1.165, 1.54) is 0 Å². The second kappa shape index (κ2) is 8.86. The average Bonchev–Trinajstić information content (AvgIpc) is 3.04. The van der Waals surface area contributed by atoms with Gasteiger partial charge in [-0.3, -0.25) is 9.59 Å². The van der Waals surface area contributed by atoms with Crippen LogP contribution in [0.25, 0.3) is 5.69 Å². The number of nitrogens with one attached hydrogen (secondary N) is 1. The number of carboxylic acid groups (broad SMARTS) is 1. The maximum atomic E-state index is 12.0. The van der Waals surface area contributed by atoms with E-state index in [1.807, 2.05) is 37.3 Å². The monoisotopic (exact) mass is 329 g/mol. The lowest BCUT2D eigenvalue weighted by Gasteiger charge is -2.11. The number of anilines is 1. The lowest BCUT2D eigenvalue weighted by molar-refractivity contribution is -0.142. The summed E-state index contributed by atoms with van der Waals surface area (Å²) in [5.41, 5.74) is 0.906. The van der Waals surface area contributed by atoms with Gasteiger partial charge in [-0.2, -0.15) is 5.10 Å². The number of hydrogen-bond acceptors (Lipinski definition) is 3. The zero-order valence-corrected chi connectivity index (χ0v) is 13.8. The number of amides is 1. The number of para-hydroxylation sites is 1. The number of carbonyl (C=O) groups excluding carboxylic acids is 1. The Balaban J connectivity index is 1.86. The standard InChI is InChI=1S/C18H23N3O3/c1-2-3-7-14(18(23)24)10-11-17(22)19-16-12-13-21(20-16)15-8-5-4-6-9-15/h4-6,8-9,12-14H,2-3,7,10-11H2,1H3,(H,23,24)(H,19,20,22)/t14-/m1/s1. The molecule has 1 amide bonds. The van der Waals surface area contributed by atoms with Gasteiger partial charge in [-0.15, -0.1) is 0 Å². The third kappa shape index (κ3) is 5.22. The molecule has 0 unspecified atom stereocenters. The lowest BCUT2D eigenvalue weighted by atomic mass is 9.97. The number of aromatic nitrogens is 2. The zero-order chi connectivity index (χ0) is 17.4. The summed E-state index contributed by atoms with van der Waals surface area (Å²) in [6.45, 7) is 2.02. The van der Waals surface area contributed by atoms with E-state index in [9.17, 15) is 14.7 Å². The Morgan fingerprint density at radius 3 is 2.62 bits per heavy atom. The summed E-state index contributed by atoms with van der Waals surface area (Å²) in [6.07, 6.45) is 4.72. The van der Waals surface area contributed by atoms with E-state index >= 15 is 0 Å². The van der Waals surface area contributed by atoms with Crippen LogP contribution in [-0.2, 0) is 9.59 Å². The predicted molar refractivity (Wildman–Crippen MR) is 92.1 cm³/mol. The van der Waals surface area contributed by atoms with Crippen molar-refractivity contribution in [2.45, 2.75) is 39.0 Å². The van der Waals surface area contributed by atoms with Gasteiger partial charge in [-0.1, -0.05) is 38.0 Å². The topological polar surface area (TPSA) is 84.2 Å². The second-order valence-corrected chi connectivity index (χ2v) is 5.75. The molecule has 0 aliphatic heterocycles. The molecule has 2 rings (SSSR count). The van der Waals surface area contributed by atoms with Crippen molar-refractivity contribution in [3.05, 3.63) is 42.6 Å². The maximum Gasteiger partial charge on any atom is 0.306 e. The number of benzene rings is 1. The number of nitrogens with zero attached hydrogens (tertiary/aromatic N) is 2. The van der Waals surface area contributed by atoms with Gasteiger partial charge >= 0.3 is 5.97 Å². The maximum absolute atomic E-state index is 12.0. The molecular formula is C18H23N3O3. The van der Waals surface area contributed by atoms with Gasteiger partial charge in [0.2, 0.25) is 5.91 Å². The Kier molecular flexibility index (Phi) is 6.54. The third-order valence-corrected chi connectivity index (χ3v) is 3.85. The highest BCUT2D eigenvalue weighted by Crippen LogP contribution is 2.16. The highest BCUT2D eigenvalue weighted by Gasteiger charge is 2.18. The van der Waals surface area contributed by atoms with Crippen molar-refractivity contribution in [2.75, 3.05) is 5.32 Å². The molecule has 0 radical (unpaired) electrons. The summed E-state index contributed by atoms with van der Waals surface area (Å²) in [4.78, 5) is 23.2. The first-order valence-corrected chi connectivity index (χ1v) is 8.24. The van der Waals surface area contributed by atoms with Gasteiger partial charge in [-0.25, -0.2) is 4.68 Å². The summed E-state index contributed by atoms with van der Waals surface area (Å²) in [6, 6.07) is 11.3. The minimum atomic E-state index is -0.829. The number of hydrogen-bond donors (Lipinski definition) is 2. The molecule has 1 atom stereocenters. The van der Waals surface area contributed by atoms with E-state index in [0.717, 1.165) is 18.5 Å². The first-order valence-electron chi connectivity index (χ1n) is 8.24. The molecule has 6 nitrogen and oxygen atoms in total. The van der Waals surface area contributed by atoms with Gasteiger partial charge in [0.15, 0.2) is 5.82 Å². The van der Waals surface area contributed by atoms with Crippen molar-refractivity contribution in [2.24, 2.45) is 5.92 Å². The van der Waals surface area contributed by atoms with Crippen LogP contribution in [-0.4, -0.2) is 26.8 Å². The van der Waals surface area contributed by atoms with E-state index in [1.54, 1.807) is 16.9 Å². The normalized spacial score (nSPS) is 11.9. The average molecular weight is 329 g/mol. The van der Waals surface area contributed by atoms with Crippen LogP contribution < -0.4 is 5.32 Å². The summed E-state index contributed by atoms with van der Waals surface area (Å²) in [5, 5.41) is 16.2. The molecule has 0 spiro atoms. The van der Waals surface area contributed by atoms with Crippen LogP contribution in [0.15, 0.2) is 42.6 Å². The zero-order valence-electron chi connectivity index (χ0n) is 13.8. The van der Waals surface area contributed by atoms with Crippen LogP contribution in [0.1, 0.15) is 39.0 Å². The molecule has 0 aliphatic rings. The molecule has 6 heteroatoms. The van der Waals surface area contributed by atoms with Crippen LogP contribution in [0.4, 0.5) is 5.82 Å². The van der Waals surface area contributed by atoms with Crippen LogP contribution in [0.5, 0.6) is 0 Å². The summed E-state index contributed by atoms with van der Waals surface area (Å²) >= 11 is 0. The fraction of sp³-hybridized carbons (Fsp3) is 0.389. The molecule has 0 fully saturated rings. The van der Waals surface area contributed by atoms with Crippen molar-refractivity contribution >= 4 is 17.7 Å². The molecule has 128 valence electrons. The number of rotatable bonds is 9. The van der Waals surface area contributed by atoms with Gasteiger partial charge in [0.1, 0.15) is 0 Å². The molecule has 0 aliphatic carbocycles. The van der Waals surface area contributed by atoms with Crippen molar-refractivity contribution in [3.8, 4) is 5.69 Å². The van der Waals surface area contributed by atoms with Crippen molar-refractivity contribution in [1.29, 1.82) is 0 Å². The Bertz CT molecular complexity index is 667. The highest BCUT2D eigenvalue weighted by atomic mass is 16.4. The fourth-order valence-corrected chi connectivity index (χ4v) is 2.47. The quantitative estimate of drug-likeness (QED) is 0.737. The van der Waals surface area contributed by atoms with Crippen LogP contribution in [0.2, 0.25) is 0 Å². The minimum absolute atomic E-state index is 0.179. The Morgan fingerprint density at radius 2 is 1.96 bits per heavy atom. The molecule has 1 aromatic carbocycles. The summed E-state index contributed by atoms with van der Waals surface area (Å²) < 4.78 is 1.68. The van der Waals surface area contributed by atoms with Crippen molar-refractivity contribution in [1.82, 2.24) is 9.78 Å². The Labute approximate surface area is 141 Å². The first-order chi connectivity index (χ1) is 11.6. The third-order valence-electron chi connectivity index (χ3n) is 3.85. The van der Waals surface area contributed by atoms with E-state index in [0.29, 0.717) is 18.7 Å². The van der Waals surface area contributed by atoms with Crippen LogP contribution >= 0.6 is 0 Å². The second-order valence-electron chi connectivity index (χ2n) is 5.75. The van der Waals surface area contributed by atoms with Crippen molar-refractivity contribution < 1.29 is 14.7 Å². The van der Waals surface area contributed by atoms with E-state index in [4.69, 9.17) is 0 Å².